The van der Waals surface area contributed by atoms with Crippen molar-refractivity contribution in [3.8, 4) is 0 Å². The predicted octanol–water partition coefficient (Wildman–Crippen LogP) is 1.04. The zero-order valence-electron chi connectivity index (χ0n) is 11.6. The molecule has 0 heterocycles. The van der Waals surface area contributed by atoms with Crippen molar-refractivity contribution in [3.63, 3.8) is 0 Å². The number of ketones is 1. The molecule has 0 atom stereocenters. The van der Waals surface area contributed by atoms with E-state index in [1.807, 2.05) is 13.8 Å². The Morgan fingerprint density at radius 2 is 1.94 bits per heavy atom. The number of aliphatic hydroxyl groups is 1. The summed E-state index contributed by atoms with van der Waals surface area (Å²) < 4.78 is 5.53. The van der Waals surface area contributed by atoms with Crippen LogP contribution in [0.3, 0.4) is 0 Å². The summed E-state index contributed by atoms with van der Waals surface area (Å²) in [5.41, 5.74) is -0.367. The summed E-state index contributed by atoms with van der Waals surface area (Å²) in [5.74, 6) is 0.0525. The van der Waals surface area contributed by atoms with Crippen LogP contribution in [0, 0.1) is 0 Å². The number of aliphatic hydroxyl groups excluding tert-OH is 1. The Kier molecular flexibility index (Phi) is 8.58. The van der Waals surface area contributed by atoms with Crippen molar-refractivity contribution in [2.45, 2.75) is 52.1 Å². The first-order valence-corrected chi connectivity index (χ1v) is 6.38. The fraction of sp³-hybridized carbons (Fsp3) is 0.846. The molecule has 0 aliphatic heterocycles. The summed E-state index contributed by atoms with van der Waals surface area (Å²) in [6.45, 7) is 6.29. The predicted molar refractivity (Wildman–Crippen MR) is 69.3 cm³/mol. The van der Waals surface area contributed by atoms with Crippen molar-refractivity contribution in [1.29, 1.82) is 0 Å². The standard InChI is InChI=1S/C13H25NO4/c1-11(16)5-4-6-12(17)14-8-10-18-13(2,3)7-9-15/h15H,4-10H2,1-3H3,(H,14,17). The molecule has 0 rings (SSSR count). The van der Waals surface area contributed by atoms with Gasteiger partial charge in [0.1, 0.15) is 5.78 Å². The molecule has 0 saturated carbocycles. The van der Waals surface area contributed by atoms with E-state index in [0.29, 0.717) is 38.8 Å². The molecule has 0 aromatic heterocycles. The highest BCUT2D eigenvalue weighted by atomic mass is 16.5. The normalized spacial score (nSPS) is 11.3. The number of carbonyl (C=O) groups excluding carboxylic acids is 2. The zero-order chi connectivity index (χ0) is 14.0. The van der Waals surface area contributed by atoms with E-state index in [2.05, 4.69) is 5.32 Å². The lowest BCUT2D eigenvalue weighted by molar-refractivity contribution is -0.122. The minimum absolute atomic E-state index is 0.0557. The number of amides is 1. The maximum Gasteiger partial charge on any atom is 0.220 e. The average molecular weight is 259 g/mol. The van der Waals surface area contributed by atoms with E-state index in [0.717, 1.165) is 0 Å². The SMILES string of the molecule is CC(=O)CCCC(=O)NCCOC(C)(C)CCO. The molecule has 0 aromatic carbocycles. The van der Waals surface area contributed by atoms with Gasteiger partial charge in [-0.1, -0.05) is 0 Å². The topological polar surface area (TPSA) is 75.6 Å². The first kappa shape index (κ1) is 17.1. The van der Waals surface area contributed by atoms with E-state index in [-0.39, 0.29) is 23.9 Å². The minimum atomic E-state index is -0.367. The molecule has 2 N–H and O–H groups in total. The highest BCUT2D eigenvalue weighted by Gasteiger charge is 2.16. The van der Waals surface area contributed by atoms with E-state index >= 15 is 0 Å². The number of rotatable bonds is 10. The fourth-order valence-corrected chi connectivity index (χ4v) is 1.45. The summed E-state index contributed by atoms with van der Waals surface area (Å²) in [6, 6.07) is 0. The highest BCUT2D eigenvalue weighted by molar-refractivity contribution is 5.78. The van der Waals surface area contributed by atoms with Gasteiger partial charge in [0.2, 0.25) is 5.91 Å². The van der Waals surface area contributed by atoms with Gasteiger partial charge in [0, 0.05) is 26.0 Å². The third-order valence-corrected chi connectivity index (χ3v) is 2.56. The minimum Gasteiger partial charge on any atom is -0.396 e. The van der Waals surface area contributed by atoms with E-state index < -0.39 is 0 Å². The van der Waals surface area contributed by atoms with E-state index in [4.69, 9.17) is 9.84 Å². The number of Topliss-reactive ketones (excluding diaryl/α,β-unsaturated/α-hetero) is 1. The number of hydrogen-bond acceptors (Lipinski definition) is 4. The molecule has 0 fully saturated rings. The Morgan fingerprint density at radius 1 is 1.28 bits per heavy atom. The number of hydrogen-bond donors (Lipinski definition) is 2. The van der Waals surface area contributed by atoms with Gasteiger partial charge in [-0.25, -0.2) is 0 Å². The lowest BCUT2D eigenvalue weighted by Crippen LogP contribution is -2.32. The maximum atomic E-state index is 11.4. The van der Waals surface area contributed by atoms with Crippen molar-refractivity contribution in [3.05, 3.63) is 0 Å². The second kappa shape index (κ2) is 9.05. The molecule has 0 unspecified atom stereocenters. The lowest BCUT2D eigenvalue weighted by atomic mass is 10.1. The van der Waals surface area contributed by atoms with Crippen LogP contribution in [0.2, 0.25) is 0 Å². The van der Waals surface area contributed by atoms with Crippen LogP contribution in [0.5, 0.6) is 0 Å². The summed E-state index contributed by atoms with van der Waals surface area (Å²) in [7, 11) is 0. The van der Waals surface area contributed by atoms with Crippen LogP contribution in [0.1, 0.15) is 46.5 Å². The van der Waals surface area contributed by atoms with E-state index in [1.54, 1.807) is 0 Å². The van der Waals surface area contributed by atoms with Gasteiger partial charge in [-0.15, -0.1) is 0 Å². The lowest BCUT2D eigenvalue weighted by Gasteiger charge is -2.24. The average Bonchev–Trinajstić information content (AvgIpc) is 2.24. The molecule has 0 bridgehead atoms. The molecule has 5 heteroatoms. The van der Waals surface area contributed by atoms with Crippen LogP contribution >= 0.6 is 0 Å². The molecule has 0 aliphatic carbocycles. The van der Waals surface area contributed by atoms with Gasteiger partial charge in [0.15, 0.2) is 0 Å². The Morgan fingerprint density at radius 3 is 2.50 bits per heavy atom. The Hall–Kier alpha value is -0.940. The van der Waals surface area contributed by atoms with Crippen LogP contribution in [-0.4, -0.2) is 42.2 Å². The Bertz CT molecular complexity index is 264. The summed E-state index contributed by atoms with van der Waals surface area (Å²) in [4.78, 5) is 22.0. The zero-order valence-corrected chi connectivity index (χ0v) is 11.6. The van der Waals surface area contributed by atoms with Crippen LogP contribution in [0.25, 0.3) is 0 Å². The van der Waals surface area contributed by atoms with E-state index in [1.165, 1.54) is 6.92 Å². The van der Waals surface area contributed by atoms with Crippen LogP contribution < -0.4 is 5.32 Å². The van der Waals surface area contributed by atoms with E-state index in [9.17, 15) is 9.59 Å². The van der Waals surface area contributed by atoms with Crippen molar-refractivity contribution in [1.82, 2.24) is 5.32 Å². The van der Waals surface area contributed by atoms with Gasteiger partial charge < -0.3 is 20.0 Å². The third-order valence-electron chi connectivity index (χ3n) is 2.56. The molecule has 0 spiro atoms. The molecule has 5 nitrogen and oxygen atoms in total. The van der Waals surface area contributed by atoms with Gasteiger partial charge in [-0.2, -0.15) is 0 Å². The molecule has 0 aliphatic rings. The second-order valence-electron chi connectivity index (χ2n) is 4.99. The Balaban J connectivity index is 3.54. The fourth-order valence-electron chi connectivity index (χ4n) is 1.45. The summed E-state index contributed by atoms with van der Waals surface area (Å²) in [5, 5.41) is 11.5. The van der Waals surface area contributed by atoms with Gasteiger partial charge in [0.05, 0.1) is 12.2 Å². The molecular weight excluding hydrogens is 234 g/mol. The van der Waals surface area contributed by atoms with Crippen molar-refractivity contribution >= 4 is 11.7 Å². The molecule has 1 amide bonds. The molecule has 0 aromatic rings. The van der Waals surface area contributed by atoms with Crippen LogP contribution in [0.4, 0.5) is 0 Å². The van der Waals surface area contributed by atoms with Crippen molar-refractivity contribution < 1.29 is 19.4 Å². The number of carbonyl (C=O) groups is 2. The highest BCUT2D eigenvalue weighted by Crippen LogP contribution is 2.12. The first-order valence-electron chi connectivity index (χ1n) is 6.38. The first-order chi connectivity index (χ1) is 8.37. The number of ether oxygens (including phenoxy) is 1. The second-order valence-corrected chi connectivity index (χ2v) is 4.99. The van der Waals surface area contributed by atoms with Crippen LogP contribution in [-0.2, 0) is 14.3 Å². The van der Waals surface area contributed by atoms with Gasteiger partial charge in [0.25, 0.3) is 0 Å². The number of nitrogens with one attached hydrogen (secondary N) is 1. The molecule has 0 saturated heterocycles. The monoisotopic (exact) mass is 259 g/mol. The Labute approximate surface area is 109 Å². The molecule has 18 heavy (non-hydrogen) atoms. The van der Waals surface area contributed by atoms with Gasteiger partial charge in [-0.05, 0) is 33.6 Å². The third kappa shape index (κ3) is 10.2. The molecular formula is C13H25NO4. The quantitative estimate of drug-likeness (QED) is 0.575. The van der Waals surface area contributed by atoms with Crippen LogP contribution in [0.15, 0.2) is 0 Å². The summed E-state index contributed by atoms with van der Waals surface area (Å²) >= 11 is 0. The smallest absolute Gasteiger partial charge is 0.220 e. The van der Waals surface area contributed by atoms with Gasteiger partial charge in [-0.3, -0.25) is 4.79 Å². The van der Waals surface area contributed by atoms with Gasteiger partial charge >= 0.3 is 0 Å². The summed E-state index contributed by atoms with van der Waals surface area (Å²) in [6.07, 6.45) is 1.99. The molecule has 0 radical (unpaired) electrons. The molecule has 106 valence electrons. The van der Waals surface area contributed by atoms with Crippen molar-refractivity contribution in [2.24, 2.45) is 0 Å². The van der Waals surface area contributed by atoms with Crippen molar-refractivity contribution in [2.75, 3.05) is 19.8 Å². The maximum absolute atomic E-state index is 11.4. The largest absolute Gasteiger partial charge is 0.396 e.